The summed E-state index contributed by atoms with van der Waals surface area (Å²) >= 11 is 0. The summed E-state index contributed by atoms with van der Waals surface area (Å²) in [5, 5.41) is 0. The van der Waals surface area contributed by atoms with E-state index in [4.69, 9.17) is 19.9 Å². The van der Waals surface area contributed by atoms with E-state index in [1.807, 2.05) is 17.0 Å². The number of nitrogens with two attached hydrogens (primary N) is 1. The average Bonchev–Trinajstić information content (AvgIpc) is 3.01. The maximum absolute atomic E-state index is 12.5. The summed E-state index contributed by atoms with van der Waals surface area (Å²) in [4.78, 5) is 14.4. The molecule has 1 atom stereocenters. The Morgan fingerprint density at radius 2 is 1.83 bits per heavy atom. The largest absolute Gasteiger partial charge is 0.493 e. The highest BCUT2D eigenvalue weighted by atomic mass is 16.5. The monoisotopic (exact) mass is 336 g/mol. The molecule has 1 amide bonds. The van der Waals surface area contributed by atoms with E-state index < -0.39 is 0 Å². The van der Waals surface area contributed by atoms with Crippen LogP contribution in [0.1, 0.15) is 25.3 Å². The lowest BCUT2D eigenvalue weighted by Gasteiger charge is -2.22. The Balaban J connectivity index is 2.03. The standard InChI is InChI=1S/C18H28N2O4/c1-18(11-19)7-8-20(12-18)16(21)6-5-13-9-14(22-2)17(24-4)15(10-13)23-3/h9-10H,5-8,11-12,19H2,1-4H3. The Bertz CT molecular complexity index is 565. The van der Waals surface area contributed by atoms with Crippen molar-refractivity contribution in [1.29, 1.82) is 0 Å². The van der Waals surface area contributed by atoms with Gasteiger partial charge in [-0.05, 0) is 42.5 Å². The summed E-state index contributed by atoms with van der Waals surface area (Å²) in [6, 6.07) is 3.78. The number of hydrogen-bond donors (Lipinski definition) is 1. The van der Waals surface area contributed by atoms with Crippen molar-refractivity contribution in [2.75, 3.05) is 41.0 Å². The van der Waals surface area contributed by atoms with Gasteiger partial charge in [0.2, 0.25) is 11.7 Å². The zero-order chi connectivity index (χ0) is 17.7. The first-order valence-electron chi connectivity index (χ1n) is 8.23. The van der Waals surface area contributed by atoms with Crippen molar-refractivity contribution < 1.29 is 19.0 Å². The highest BCUT2D eigenvalue weighted by Gasteiger charge is 2.34. The van der Waals surface area contributed by atoms with Gasteiger partial charge in [0.25, 0.3) is 0 Å². The van der Waals surface area contributed by atoms with Gasteiger partial charge in [0.15, 0.2) is 11.5 Å². The van der Waals surface area contributed by atoms with Crippen molar-refractivity contribution in [3.05, 3.63) is 17.7 Å². The van der Waals surface area contributed by atoms with E-state index in [-0.39, 0.29) is 11.3 Å². The molecule has 2 rings (SSSR count). The van der Waals surface area contributed by atoms with E-state index in [9.17, 15) is 4.79 Å². The summed E-state index contributed by atoms with van der Waals surface area (Å²) in [6.45, 7) is 4.29. The second-order valence-corrected chi connectivity index (χ2v) is 6.61. The van der Waals surface area contributed by atoms with Crippen LogP contribution in [0.3, 0.4) is 0 Å². The molecule has 6 nitrogen and oxygen atoms in total. The molecule has 1 heterocycles. The zero-order valence-corrected chi connectivity index (χ0v) is 15.1. The Kier molecular flexibility index (Phi) is 5.94. The third-order valence-electron chi connectivity index (χ3n) is 4.76. The van der Waals surface area contributed by atoms with Crippen LogP contribution < -0.4 is 19.9 Å². The second-order valence-electron chi connectivity index (χ2n) is 6.61. The molecular formula is C18H28N2O4. The molecule has 1 aromatic carbocycles. The van der Waals surface area contributed by atoms with E-state index in [0.29, 0.717) is 36.6 Å². The minimum Gasteiger partial charge on any atom is -0.493 e. The van der Waals surface area contributed by atoms with Gasteiger partial charge in [-0.3, -0.25) is 4.79 Å². The molecule has 0 spiro atoms. The molecule has 0 aromatic heterocycles. The van der Waals surface area contributed by atoms with Gasteiger partial charge in [0, 0.05) is 19.5 Å². The van der Waals surface area contributed by atoms with Gasteiger partial charge in [-0.15, -0.1) is 0 Å². The maximum Gasteiger partial charge on any atom is 0.222 e. The number of nitrogens with zero attached hydrogens (tertiary/aromatic N) is 1. The average molecular weight is 336 g/mol. The molecule has 0 aliphatic carbocycles. The van der Waals surface area contributed by atoms with Crippen molar-refractivity contribution in [3.63, 3.8) is 0 Å². The van der Waals surface area contributed by atoms with E-state index in [0.717, 1.165) is 25.1 Å². The molecule has 2 N–H and O–H groups in total. The molecule has 134 valence electrons. The summed E-state index contributed by atoms with van der Waals surface area (Å²) in [6.07, 6.45) is 2.06. The maximum atomic E-state index is 12.5. The third kappa shape index (κ3) is 3.93. The third-order valence-corrected chi connectivity index (χ3v) is 4.76. The Morgan fingerprint density at radius 3 is 2.29 bits per heavy atom. The van der Waals surface area contributed by atoms with Crippen LogP contribution >= 0.6 is 0 Å². The molecular weight excluding hydrogens is 308 g/mol. The molecule has 0 bridgehead atoms. The molecule has 1 fully saturated rings. The second kappa shape index (κ2) is 7.75. The molecule has 1 saturated heterocycles. The number of aryl methyl sites for hydroxylation is 1. The zero-order valence-electron chi connectivity index (χ0n) is 15.1. The molecule has 1 aromatic rings. The number of methoxy groups -OCH3 is 3. The highest BCUT2D eigenvalue weighted by Crippen LogP contribution is 2.38. The first kappa shape index (κ1) is 18.4. The first-order valence-corrected chi connectivity index (χ1v) is 8.23. The van der Waals surface area contributed by atoms with Gasteiger partial charge in [-0.25, -0.2) is 0 Å². The molecule has 1 unspecified atom stereocenters. The van der Waals surface area contributed by atoms with Gasteiger partial charge in [-0.2, -0.15) is 0 Å². The fraction of sp³-hybridized carbons (Fsp3) is 0.611. The SMILES string of the molecule is COc1cc(CCC(=O)N2CCC(C)(CN)C2)cc(OC)c1OC. The van der Waals surface area contributed by atoms with Crippen LogP contribution in [0.2, 0.25) is 0 Å². The quantitative estimate of drug-likeness (QED) is 0.822. The van der Waals surface area contributed by atoms with Crippen LogP contribution in [-0.2, 0) is 11.2 Å². The van der Waals surface area contributed by atoms with Gasteiger partial charge < -0.3 is 24.8 Å². The van der Waals surface area contributed by atoms with Crippen LogP contribution in [0.15, 0.2) is 12.1 Å². The lowest BCUT2D eigenvalue weighted by Crippen LogP contribution is -2.34. The van der Waals surface area contributed by atoms with Gasteiger partial charge in [-0.1, -0.05) is 6.92 Å². The summed E-state index contributed by atoms with van der Waals surface area (Å²) < 4.78 is 16.0. The fourth-order valence-corrected chi connectivity index (χ4v) is 3.09. The number of rotatable bonds is 7. The van der Waals surface area contributed by atoms with E-state index in [2.05, 4.69) is 6.92 Å². The fourth-order valence-electron chi connectivity index (χ4n) is 3.09. The number of hydrogen-bond acceptors (Lipinski definition) is 5. The number of amides is 1. The van der Waals surface area contributed by atoms with E-state index in [1.54, 1.807) is 21.3 Å². The van der Waals surface area contributed by atoms with E-state index in [1.165, 1.54) is 0 Å². The lowest BCUT2D eigenvalue weighted by molar-refractivity contribution is -0.130. The molecule has 24 heavy (non-hydrogen) atoms. The minimum absolute atomic E-state index is 0.0578. The van der Waals surface area contributed by atoms with Crippen molar-refractivity contribution >= 4 is 5.91 Å². The molecule has 1 aliphatic rings. The van der Waals surface area contributed by atoms with Crippen LogP contribution in [0.25, 0.3) is 0 Å². The van der Waals surface area contributed by atoms with Crippen LogP contribution in [0.4, 0.5) is 0 Å². The molecule has 0 saturated carbocycles. The number of benzene rings is 1. The number of carbonyl (C=O) groups is 1. The minimum atomic E-state index is 0.0578. The normalized spacial score (nSPS) is 20.1. The summed E-state index contributed by atoms with van der Waals surface area (Å²) in [5.74, 6) is 1.95. The summed E-state index contributed by atoms with van der Waals surface area (Å²) in [7, 11) is 4.75. The Morgan fingerprint density at radius 1 is 1.21 bits per heavy atom. The van der Waals surface area contributed by atoms with Crippen molar-refractivity contribution in [2.24, 2.45) is 11.1 Å². The van der Waals surface area contributed by atoms with Crippen LogP contribution in [0.5, 0.6) is 17.2 Å². The smallest absolute Gasteiger partial charge is 0.222 e. The predicted octanol–water partition coefficient (Wildman–Crippen LogP) is 1.84. The topological polar surface area (TPSA) is 74.0 Å². The van der Waals surface area contributed by atoms with Crippen LogP contribution in [0, 0.1) is 5.41 Å². The Labute approximate surface area is 143 Å². The van der Waals surface area contributed by atoms with Gasteiger partial charge in [0.1, 0.15) is 0 Å². The summed E-state index contributed by atoms with van der Waals surface area (Å²) in [5.41, 5.74) is 6.85. The van der Waals surface area contributed by atoms with Crippen molar-refractivity contribution in [1.82, 2.24) is 4.90 Å². The number of carbonyl (C=O) groups excluding carboxylic acids is 1. The Hall–Kier alpha value is -1.95. The first-order chi connectivity index (χ1) is 11.5. The van der Waals surface area contributed by atoms with Crippen molar-refractivity contribution in [3.8, 4) is 17.2 Å². The van der Waals surface area contributed by atoms with Crippen LogP contribution in [-0.4, -0.2) is 51.8 Å². The predicted molar refractivity (Wildman–Crippen MR) is 92.8 cm³/mol. The van der Waals surface area contributed by atoms with Gasteiger partial charge in [0.05, 0.1) is 21.3 Å². The molecule has 0 radical (unpaired) electrons. The molecule has 1 aliphatic heterocycles. The lowest BCUT2D eigenvalue weighted by atomic mass is 9.90. The number of ether oxygens (including phenoxy) is 3. The number of likely N-dealkylation sites (tertiary alicyclic amines) is 1. The molecule has 6 heteroatoms. The van der Waals surface area contributed by atoms with E-state index >= 15 is 0 Å². The van der Waals surface area contributed by atoms with Gasteiger partial charge >= 0.3 is 0 Å². The van der Waals surface area contributed by atoms with Crippen molar-refractivity contribution in [2.45, 2.75) is 26.2 Å². The highest BCUT2D eigenvalue weighted by molar-refractivity contribution is 5.77.